The Bertz CT molecular complexity index is 499. The van der Waals surface area contributed by atoms with Crippen LogP contribution >= 0.6 is 0 Å². The molecule has 1 amide bonds. The van der Waals surface area contributed by atoms with E-state index < -0.39 is 12.1 Å². The molecule has 5 heteroatoms. The Hall–Kier alpha value is -2.04. The van der Waals surface area contributed by atoms with Crippen molar-refractivity contribution in [2.45, 2.75) is 32.3 Å². The van der Waals surface area contributed by atoms with Crippen LogP contribution in [-0.2, 0) is 9.53 Å². The number of esters is 1. The summed E-state index contributed by atoms with van der Waals surface area (Å²) in [6.45, 7) is 2.51. The normalized spacial score (nSPS) is 19.4. The first-order valence-corrected chi connectivity index (χ1v) is 6.43. The minimum absolute atomic E-state index is 0.217. The van der Waals surface area contributed by atoms with Crippen molar-refractivity contribution in [3.63, 3.8) is 0 Å². The van der Waals surface area contributed by atoms with Crippen molar-refractivity contribution < 1.29 is 14.3 Å². The quantitative estimate of drug-likeness (QED) is 0.623. The number of anilines is 1. The highest BCUT2D eigenvalue weighted by molar-refractivity contribution is 5.93. The summed E-state index contributed by atoms with van der Waals surface area (Å²) >= 11 is 0. The summed E-state index contributed by atoms with van der Waals surface area (Å²) in [6.07, 6.45) is 1.65. The maximum absolute atomic E-state index is 12.0. The molecule has 0 saturated carbocycles. The van der Waals surface area contributed by atoms with Crippen molar-refractivity contribution in [1.29, 1.82) is 0 Å². The third kappa shape index (κ3) is 3.24. The zero-order chi connectivity index (χ0) is 13.8. The van der Waals surface area contributed by atoms with Gasteiger partial charge in [0.05, 0.1) is 5.56 Å². The summed E-state index contributed by atoms with van der Waals surface area (Å²) in [5.41, 5.74) is 7.58. The number of carbonyl (C=O) groups excluding carboxylic acids is 2. The first-order chi connectivity index (χ1) is 9.08. The number of carbonyl (C=O) groups is 2. The van der Waals surface area contributed by atoms with E-state index in [0.29, 0.717) is 24.2 Å². The Morgan fingerprint density at radius 2 is 2.21 bits per heavy atom. The van der Waals surface area contributed by atoms with Crippen LogP contribution in [0.3, 0.4) is 0 Å². The summed E-state index contributed by atoms with van der Waals surface area (Å²) in [6, 6.07) is 4.99. The van der Waals surface area contributed by atoms with Crippen molar-refractivity contribution in [3.8, 4) is 0 Å². The van der Waals surface area contributed by atoms with Gasteiger partial charge in [-0.15, -0.1) is 0 Å². The molecule has 0 spiro atoms. The van der Waals surface area contributed by atoms with Gasteiger partial charge in [-0.25, -0.2) is 4.79 Å². The van der Waals surface area contributed by atoms with E-state index in [1.165, 1.54) is 0 Å². The van der Waals surface area contributed by atoms with Gasteiger partial charge in [-0.3, -0.25) is 4.79 Å². The van der Waals surface area contributed by atoms with Gasteiger partial charge in [0.25, 0.3) is 5.91 Å². The molecule has 1 saturated heterocycles. The molecule has 1 aromatic rings. The number of amides is 1. The minimum Gasteiger partial charge on any atom is -0.449 e. The Balaban J connectivity index is 2.07. The second kappa shape index (κ2) is 5.73. The third-order valence-corrected chi connectivity index (χ3v) is 3.25. The van der Waals surface area contributed by atoms with Crippen LogP contribution in [0.1, 0.15) is 35.2 Å². The van der Waals surface area contributed by atoms with Crippen LogP contribution in [0.5, 0.6) is 0 Å². The van der Waals surface area contributed by atoms with Crippen LogP contribution < -0.4 is 11.1 Å². The summed E-state index contributed by atoms with van der Waals surface area (Å²) < 4.78 is 5.26. The first-order valence-electron chi connectivity index (χ1n) is 6.43. The number of nitrogen functional groups attached to an aromatic ring is 1. The lowest BCUT2D eigenvalue weighted by atomic mass is 10.1. The maximum atomic E-state index is 12.0. The fourth-order valence-corrected chi connectivity index (χ4v) is 1.99. The molecule has 102 valence electrons. The number of nitrogens with one attached hydrogen (secondary N) is 1. The van der Waals surface area contributed by atoms with E-state index in [1.54, 1.807) is 18.2 Å². The number of benzene rings is 1. The van der Waals surface area contributed by atoms with Crippen LogP contribution in [0.4, 0.5) is 5.69 Å². The van der Waals surface area contributed by atoms with Crippen molar-refractivity contribution in [1.82, 2.24) is 5.32 Å². The molecular weight excluding hydrogens is 244 g/mol. The monoisotopic (exact) mass is 262 g/mol. The minimum atomic E-state index is -0.697. The average molecular weight is 262 g/mol. The molecule has 0 aromatic heterocycles. The summed E-state index contributed by atoms with van der Waals surface area (Å²) in [4.78, 5) is 23.7. The van der Waals surface area contributed by atoms with Gasteiger partial charge in [0.1, 0.15) is 0 Å². The molecule has 1 aliphatic heterocycles. The smallest absolute Gasteiger partial charge is 0.338 e. The number of hydrogen-bond donors (Lipinski definition) is 2. The summed E-state index contributed by atoms with van der Waals surface area (Å²) in [5, 5.41) is 2.73. The van der Waals surface area contributed by atoms with Gasteiger partial charge in [-0.1, -0.05) is 6.07 Å². The lowest BCUT2D eigenvalue weighted by molar-refractivity contribution is -0.129. The van der Waals surface area contributed by atoms with Crippen LogP contribution in [0.2, 0.25) is 0 Å². The number of aryl methyl sites for hydroxylation is 1. The number of nitrogens with two attached hydrogens (primary N) is 1. The van der Waals surface area contributed by atoms with Crippen LogP contribution in [0.15, 0.2) is 18.2 Å². The highest BCUT2D eigenvalue weighted by atomic mass is 16.5. The average Bonchev–Trinajstić information content (AvgIpc) is 2.58. The third-order valence-electron chi connectivity index (χ3n) is 3.25. The lowest BCUT2D eigenvalue weighted by Crippen LogP contribution is -2.36. The highest BCUT2D eigenvalue weighted by Gasteiger charge is 2.25. The van der Waals surface area contributed by atoms with Gasteiger partial charge in [0, 0.05) is 12.2 Å². The van der Waals surface area contributed by atoms with E-state index in [4.69, 9.17) is 10.5 Å². The molecular formula is C14H18N2O3. The predicted octanol–water partition coefficient (Wildman–Crippen LogP) is 1.40. The van der Waals surface area contributed by atoms with E-state index in [0.717, 1.165) is 18.4 Å². The topological polar surface area (TPSA) is 81.4 Å². The van der Waals surface area contributed by atoms with E-state index in [2.05, 4.69) is 5.32 Å². The van der Waals surface area contributed by atoms with Crippen LogP contribution in [0, 0.1) is 6.92 Å². The number of ether oxygens (including phenoxy) is 1. The van der Waals surface area contributed by atoms with Gasteiger partial charge in [0.2, 0.25) is 0 Å². The second-order valence-corrected chi connectivity index (χ2v) is 4.75. The van der Waals surface area contributed by atoms with Crippen molar-refractivity contribution in [2.24, 2.45) is 0 Å². The summed E-state index contributed by atoms with van der Waals surface area (Å²) in [7, 11) is 0. The molecule has 1 atom stereocenters. The largest absolute Gasteiger partial charge is 0.449 e. The molecule has 2 rings (SSSR count). The molecule has 3 N–H and O–H groups in total. The fraction of sp³-hybridized carbons (Fsp3) is 0.429. The molecule has 0 bridgehead atoms. The highest BCUT2D eigenvalue weighted by Crippen LogP contribution is 2.16. The molecule has 1 heterocycles. The Morgan fingerprint density at radius 1 is 1.42 bits per heavy atom. The molecule has 1 aromatic carbocycles. The molecule has 1 unspecified atom stereocenters. The summed E-state index contributed by atoms with van der Waals surface area (Å²) in [5.74, 6) is -0.723. The van der Waals surface area contributed by atoms with E-state index >= 15 is 0 Å². The zero-order valence-electron chi connectivity index (χ0n) is 10.9. The molecule has 5 nitrogen and oxygen atoms in total. The molecule has 1 aliphatic rings. The first kappa shape index (κ1) is 13.4. The van der Waals surface area contributed by atoms with Crippen molar-refractivity contribution in [2.75, 3.05) is 12.3 Å². The van der Waals surface area contributed by atoms with Gasteiger partial charge in [-0.2, -0.15) is 0 Å². The Kier molecular flexibility index (Phi) is 4.04. The number of hydrogen-bond acceptors (Lipinski definition) is 4. The lowest BCUT2D eigenvalue weighted by Gasteiger charge is -2.14. The van der Waals surface area contributed by atoms with Gasteiger partial charge >= 0.3 is 5.97 Å². The van der Waals surface area contributed by atoms with Crippen molar-refractivity contribution in [3.05, 3.63) is 29.3 Å². The zero-order valence-corrected chi connectivity index (χ0v) is 10.9. The predicted molar refractivity (Wildman–Crippen MR) is 71.7 cm³/mol. The maximum Gasteiger partial charge on any atom is 0.338 e. The molecule has 0 aliphatic carbocycles. The Morgan fingerprint density at radius 3 is 2.95 bits per heavy atom. The SMILES string of the molecule is Cc1ccc(C(=O)OC2CCCCNC2=O)cc1N. The van der Waals surface area contributed by atoms with Crippen LogP contribution in [-0.4, -0.2) is 24.5 Å². The standard InChI is InChI=1S/C14H18N2O3/c1-9-5-6-10(8-11(9)15)14(18)19-12-4-2-3-7-16-13(12)17/h5-6,8,12H,2-4,7,15H2,1H3,(H,16,17). The van der Waals surface area contributed by atoms with Gasteiger partial charge in [-0.05, 0) is 43.9 Å². The number of rotatable bonds is 2. The van der Waals surface area contributed by atoms with Crippen LogP contribution in [0.25, 0.3) is 0 Å². The fourth-order valence-electron chi connectivity index (χ4n) is 1.99. The van der Waals surface area contributed by atoms with E-state index in [1.807, 2.05) is 6.92 Å². The van der Waals surface area contributed by atoms with E-state index in [-0.39, 0.29) is 5.91 Å². The van der Waals surface area contributed by atoms with Gasteiger partial charge in [0.15, 0.2) is 6.10 Å². The second-order valence-electron chi connectivity index (χ2n) is 4.75. The van der Waals surface area contributed by atoms with Gasteiger partial charge < -0.3 is 15.8 Å². The molecule has 1 fully saturated rings. The Labute approximate surface area is 112 Å². The van der Waals surface area contributed by atoms with E-state index in [9.17, 15) is 9.59 Å². The van der Waals surface area contributed by atoms with Crippen molar-refractivity contribution >= 4 is 17.6 Å². The molecule has 19 heavy (non-hydrogen) atoms. The molecule has 0 radical (unpaired) electrons.